The van der Waals surface area contributed by atoms with Crippen molar-refractivity contribution in [2.45, 2.75) is 38.1 Å². The van der Waals surface area contributed by atoms with Crippen LogP contribution in [-0.2, 0) is 6.42 Å². The fourth-order valence-electron chi connectivity index (χ4n) is 2.76. The molecule has 2 rings (SSSR count). The minimum absolute atomic E-state index is 0.0142. The van der Waals surface area contributed by atoms with Crippen LogP contribution in [-0.4, -0.2) is 17.8 Å². The lowest BCUT2D eigenvalue weighted by Crippen LogP contribution is -2.41. The van der Waals surface area contributed by atoms with Crippen LogP contribution in [0.1, 0.15) is 31.2 Å². The zero-order valence-electron chi connectivity index (χ0n) is 10.4. The molecule has 1 atom stereocenters. The minimum atomic E-state index is 0.0142. The molecule has 0 aromatic heterocycles. The Balaban J connectivity index is 1.59. The summed E-state index contributed by atoms with van der Waals surface area (Å²) >= 11 is 0. The number of aliphatic hydroxyl groups is 1. The number of nitrogens with two attached hydrogens (primary N) is 1. The molecule has 17 heavy (non-hydrogen) atoms. The first-order valence-corrected chi connectivity index (χ1v) is 6.70. The molecule has 0 bridgehead atoms. The summed E-state index contributed by atoms with van der Waals surface area (Å²) in [6.45, 7) is 0.140. The van der Waals surface area contributed by atoms with E-state index in [0.717, 1.165) is 5.92 Å². The molecule has 1 aromatic rings. The predicted molar refractivity (Wildman–Crippen MR) is 70.7 cm³/mol. The molecule has 1 saturated carbocycles. The maximum atomic E-state index is 8.96. The third-order valence-electron chi connectivity index (χ3n) is 4.01. The van der Waals surface area contributed by atoms with Gasteiger partial charge < -0.3 is 10.8 Å². The molecule has 3 N–H and O–H groups in total. The highest BCUT2D eigenvalue weighted by molar-refractivity contribution is 5.14. The molecule has 1 unspecified atom stereocenters. The molecule has 1 aliphatic carbocycles. The highest BCUT2D eigenvalue weighted by Gasteiger charge is 2.32. The van der Waals surface area contributed by atoms with E-state index in [1.54, 1.807) is 0 Å². The standard InChI is InChI=1S/C15H23NO/c16-15(11-17)14-9-13(10-14)8-4-7-12-5-2-1-3-6-12/h1-3,5-6,13-15,17H,4,7-11,16H2. The minimum Gasteiger partial charge on any atom is -0.395 e. The van der Waals surface area contributed by atoms with E-state index in [9.17, 15) is 0 Å². The van der Waals surface area contributed by atoms with Gasteiger partial charge in [0, 0.05) is 6.04 Å². The summed E-state index contributed by atoms with van der Waals surface area (Å²) in [6.07, 6.45) is 6.21. The number of rotatable bonds is 6. The van der Waals surface area contributed by atoms with E-state index in [0.29, 0.717) is 5.92 Å². The Morgan fingerprint density at radius 2 is 1.94 bits per heavy atom. The first-order valence-electron chi connectivity index (χ1n) is 6.70. The molecule has 1 aromatic carbocycles. The van der Waals surface area contributed by atoms with Gasteiger partial charge >= 0.3 is 0 Å². The van der Waals surface area contributed by atoms with Crippen molar-refractivity contribution in [3.8, 4) is 0 Å². The molecule has 2 nitrogen and oxygen atoms in total. The second-order valence-corrected chi connectivity index (χ2v) is 5.32. The fraction of sp³-hybridized carbons (Fsp3) is 0.600. The Labute approximate surface area is 104 Å². The van der Waals surface area contributed by atoms with Crippen LogP contribution < -0.4 is 5.73 Å². The van der Waals surface area contributed by atoms with Crippen molar-refractivity contribution in [1.82, 2.24) is 0 Å². The molecule has 0 radical (unpaired) electrons. The highest BCUT2D eigenvalue weighted by atomic mass is 16.3. The van der Waals surface area contributed by atoms with Gasteiger partial charge in [-0.05, 0) is 43.1 Å². The number of aliphatic hydroxyl groups excluding tert-OH is 1. The van der Waals surface area contributed by atoms with Crippen LogP contribution in [0.2, 0.25) is 0 Å². The number of aryl methyl sites for hydroxylation is 1. The molecule has 1 fully saturated rings. The van der Waals surface area contributed by atoms with Crippen LogP contribution in [0, 0.1) is 11.8 Å². The average Bonchev–Trinajstić information content (AvgIpc) is 2.32. The molecule has 0 aliphatic heterocycles. The van der Waals surface area contributed by atoms with Crippen molar-refractivity contribution < 1.29 is 5.11 Å². The quantitative estimate of drug-likeness (QED) is 0.792. The van der Waals surface area contributed by atoms with Gasteiger partial charge in [-0.1, -0.05) is 36.8 Å². The van der Waals surface area contributed by atoms with Crippen LogP contribution in [0.5, 0.6) is 0 Å². The molecule has 2 heteroatoms. The summed E-state index contributed by atoms with van der Waals surface area (Å²) < 4.78 is 0. The smallest absolute Gasteiger partial charge is 0.0585 e. The van der Waals surface area contributed by atoms with Gasteiger partial charge in [0.15, 0.2) is 0 Å². The van der Waals surface area contributed by atoms with E-state index >= 15 is 0 Å². The van der Waals surface area contributed by atoms with Gasteiger partial charge in [0.25, 0.3) is 0 Å². The number of hydrogen-bond acceptors (Lipinski definition) is 2. The lowest BCUT2D eigenvalue weighted by atomic mass is 9.69. The van der Waals surface area contributed by atoms with Gasteiger partial charge in [0.2, 0.25) is 0 Å². The Kier molecular flexibility index (Phi) is 4.57. The summed E-state index contributed by atoms with van der Waals surface area (Å²) in [5.74, 6) is 1.42. The Morgan fingerprint density at radius 1 is 1.24 bits per heavy atom. The normalized spacial score (nSPS) is 25.3. The molecule has 0 amide bonds. The van der Waals surface area contributed by atoms with Crippen LogP contribution >= 0.6 is 0 Å². The number of hydrogen-bond donors (Lipinski definition) is 2. The van der Waals surface area contributed by atoms with E-state index in [1.165, 1.54) is 37.7 Å². The SMILES string of the molecule is NC(CO)C1CC(CCCc2ccccc2)C1. The van der Waals surface area contributed by atoms with Crippen LogP contribution in [0.3, 0.4) is 0 Å². The topological polar surface area (TPSA) is 46.2 Å². The summed E-state index contributed by atoms with van der Waals surface area (Å²) in [7, 11) is 0. The van der Waals surface area contributed by atoms with E-state index in [2.05, 4.69) is 30.3 Å². The monoisotopic (exact) mass is 233 g/mol. The van der Waals surface area contributed by atoms with Gasteiger partial charge in [-0.2, -0.15) is 0 Å². The van der Waals surface area contributed by atoms with E-state index in [-0.39, 0.29) is 12.6 Å². The van der Waals surface area contributed by atoms with Crippen molar-refractivity contribution >= 4 is 0 Å². The van der Waals surface area contributed by atoms with Crippen molar-refractivity contribution in [3.63, 3.8) is 0 Å². The highest BCUT2D eigenvalue weighted by Crippen LogP contribution is 2.38. The molecule has 94 valence electrons. The lowest BCUT2D eigenvalue weighted by Gasteiger charge is -2.38. The Morgan fingerprint density at radius 3 is 2.59 bits per heavy atom. The van der Waals surface area contributed by atoms with Crippen LogP contribution in [0.4, 0.5) is 0 Å². The Bertz CT molecular complexity index is 319. The second-order valence-electron chi connectivity index (χ2n) is 5.32. The van der Waals surface area contributed by atoms with Gasteiger partial charge in [-0.25, -0.2) is 0 Å². The maximum Gasteiger partial charge on any atom is 0.0585 e. The first-order chi connectivity index (χ1) is 8.29. The first kappa shape index (κ1) is 12.6. The fourth-order valence-corrected chi connectivity index (χ4v) is 2.76. The number of benzene rings is 1. The van der Waals surface area contributed by atoms with Crippen molar-refractivity contribution in [2.75, 3.05) is 6.61 Å². The van der Waals surface area contributed by atoms with E-state index in [4.69, 9.17) is 10.8 Å². The van der Waals surface area contributed by atoms with Crippen molar-refractivity contribution in [3.05, 3.63) is 35.9 Å². The van der Waals surface area contributed by atoms with Crippen LogP contribution in [0.25, 0.3) is 0 Å². The third kappa shape index (κ3) is 3.55. The largest absolute Gasteiger partial charge is 0.395 e. The molecule has 0 heterocycles. The van der Waals surface area contributed by atoms with E-state index < -0.39 is 0 Å². The van der Waals surface area contributed by atoms with Crippen molar-refractivity contribution in [1.29, 1.82) is 0 Å². The molecule has 0 saturated heterocycles. The maximum absolute atomic E-state index is 8.96. The second kappa shape index (κ2) is 6.18. The zero-order valence-corrected chi connectivity index (χ0v) is 10.4. The summed E-state index contributed by atoms with van der Waals surface area (Å²) in [4.78, 5) is 0. The van der Waals surface area contributed by atoms with Crippen molar-refractivity contribution in [2.24, 2.45) is 17.6 Å². The van der Waals surface area contributed by atoms with Gasteiger partial charge in [-0.3, -0.25) is 0 Å². The van der Waals surface area contributed by atoms with Gasteiger partial charge in [-0.15, -0.1) is 0 Å². The molecule has 1 aliphatic rings. The van der Waals surface area contributed by atoms with Gasteiger partial charge in [0.1, 0.15) is 0 Å². The summed E-state index contributed by atoms with van der Waals surface area (Å²) in [5.41, 5.74) is 7.25. The van der Waals surface area contributed by atoms with Crippen LogP contribution in [0.15, 0.2) is 30.3 Å². The zero-order chi connectivity index (χ0) is 12.1. The molecular formula is C15H23NO. The summed E-state index contributed by atoms with van der Waals surface area (Å²) in [6, 6.07) is 10.7. The predicted octanol–water partition coefficient (Wildman–Crippen LogP) is 2.36. The third-order valence-corrected chi connectivity index (χ3v) is 4.01. The average molecular weight is 233 g/mol. The summed E-state index contributed by atoms with van der Waals surface area (Å²) in [5, 5.41) is 8.96. The molecular weight excluding hydrogens is 210 g/mol. The van der Waals surface area contributed by atoms with Gasteiger partial charge in [0.05, 0.1) is 6.61 Å². The van der Waals surface area contributed by atoms with E-state index in [1.807, 2.05) is 0 Å². The Hall–Kier alpha value is -0.860. The molecule has 0 spiro atoms. The lowest BCUT2D eigenvalue weighted by molar-refractivity contribution is 0.114.